The summed E-state index contributed by atoms with van der Waals surface area (Å²) in [4.78, 5) is 23.1. The van der Waals surface area contributed by atoms with E-state index in [-0.39, 0.29) is 10.6 Å². The molecule has 0 saturated carbocycles. The maximum atomic E-state index is 12.1. The van der Waals surface area contributed by atoms with Gasteiger partial charge in [-0.05, 0) is 36.4 Å². The van der Waals surface area contributed by atoms with Crippen molar-refractivity contribution in [2.75, 3.05) is 11.1 Å². The van der Waals surface area contributed by atoms with Gasteiger partial charge in [0.1, 0.15) is 0 Å². The van der Waals surface area contributed by atoms with Gasteiger partial charge in [-0.15, -0.1) is 0 Å². The zero-order valence-electron chi connectivity index (χ0n) is 10.6. The molecule has 2 aromatic rings. The van der Waals surface area contributed by atoms with Crippen LogP contribution in [0.3, 0.4) is 0 Å². The van der Waals surface area contributed by atoms with Gasteiger partial charge < -0.3 is 16.2 Å². The van der Waals surface area contributed by atoms with Gasteiger partial charge in [0.05, 0.1) is 16.3 Å². The van der Waals surface area contributed by atoms with E-state index in [1.165, 1.54) is 30.3 Å². The molecule has 2 rings (SSSR count). The van der Waals surface area contributed by atoms with E-state index in [2.05, 4.69) is 21.2 Å². The highest BCUT2D eigenvalue weighted by atomic mass is 79.9. The van der Waals surface area contributed by atoms with Crippen LogP contribution in [0.1, 0.15) is 20.7 Å². The van der Waals surface area contributed by atoms with Gasteiger partial charge in [0, 0.05) is 15.7 Å². The fraction of sp³-hybridized carbons (Fsp3) is 0. The van der Waals surface area contributed by atoms with Crippen molar-refractivity contribution in [3.05, 3.63) is 57.0 Å². The summed E-state index contributed by atoms with van der Waals surface area (Å²) in [6, 6.07) is 8.92. The number of carboxylic acid groups (broad SMARTS) is 1. The predicted molar refractivity (Wildman–Crippen MR) is 84.9 cm³/mol. The zero-order valence-corrected chi connectivity index (χ0v) is 12.9. The summed E-state index contributed by atoms with van der Waals surface area (Å²) >= 11 is 9.06. The first-order valence-electron chi connectivity index (χ1n) is 5.77. The Hall–Kier alpha value is -2.05. The molecule has 1 amide bonds. The van der Waals surface area contributed by atoms with E-state index in [1.54, 1.807) is 6.07 Å². The van der Waals surface area contributed by atoms with E-state index in [0.29, 0.717) is 21.4 Å². The lowest BCUT2D eigenvalue weighted by molar-refractivity contribution is 0.0696. The Morgan fingerprint density at radius 1 is 1.14 bits per heavy atom. The van der Waals surface area contributed by atoms with E-state index in [1.807, 2.05) is 0 Å². The Balaban J connectivity index is 2.27. The normalized spacial score (nSPS) is 10.2. The predicted octanol–water partition coefficient (Wildman–Crippen LogP) is 3.64. The molecule has 0 atom stereocenters. The molecule has 2 aromatic carbocycles. The molecule has 0 radical (unpaired) electrons. The number of nitrogens with two attached hydrogens (primary N) is 1. The minimum atomic E-state index is -1.08. The summed E-state index contributed by atoms with van der Waals surface area (Å²) in [5, 5.41) is 11.9. The second-order valence-corrected chi connectivity index (χ2v) is 5.55. The van der Waals surface area contributed by atoms with Crippen molar-refractivity contribution >= 4 is 50.8 Å². The second kappa shape index (κ2) is 6.15. The average molecular weight is 370 g/mol. The molecule has 0 spiro atoms. The molecule has 0 aromatic heterocycles. The number of carbonyl (C=O) groups is 2. The second-order valence-electron chi connectivity index (χ2n) is 4.22. The highest BCUT2D eigenvalue weighted by molar-refractivity contribution is 9.10. The SMILES string of the molecule is Nc1ccc(C(=O)Nc2cc(Br)cc(C(=O)O)c2)cc1Cl. The van der Waals surface area contributed by atoms with Gasteiger partial charge in [0.15, 0.2) is 0 Å². The van der Waals surface area contributed by atoms with Crippen molar-refractivity contribution in [2.24, 2.45) is 0 Å². The van der Waals surface area contributed by atoms with Crippen LogP contribution in [0.25, 0.3) is 0 Å². The van der Waals surface area contributed by atoms with Crippen LogP contribution in [-0.4, -0.2) is 17.0 Å². The van der Waals surface area contributed by atoms with Crippen LogP contribution < -0.4 is 11.1 Å². The Bertz CT molecular complexity index is 734. The highest BCUT2D eigenvalue weighted by Gasteiger charge is 2.11. The van der Waals surface area contributed by atoms with E-state index in [4.69, 9.17) is 22.4 Å². The third-order valence-electron chi connectivity index (χ3n) is 2.67. The summed E-state index contributed by atoms with van der Waals surface area (Å²) in [5.74, 6) is -1.49. The molecule has 0 aliphatic carbocycles. The lowest BCUT2D eigenvalue weighted by atomic mass is 10.1. The van der Waals surface area contributed by atoms with Gasteiger partial charge in [-0.25, -0.2) is 4.79 Å². The third-order valence-corrected chi connectivity index (χ3v) is 3.45. The number of nitrogen functional groups attached to an aromatic ring is 1. The maximum absolute atomic E-state index is 12.1. The molecule has 0 aliphatic rings. The summed E-state index contributed by atoms with van der Waals surface area (Å²) in [5.41, 5.74) is 6.71. The van der Waals surface area contributed by atoms with Crippen LogP contribution in [-0.2, 0) is 0 Å². The average Bonchev–Trinajstić information content (AvgIpc) is 2.41. The molecule has 108 valence electrons. The van der Waals surface area contributed by atoms with Crippen molar-refractivity contribution < 1.29 is 14.7 Å². The van der Waals surface area contributed by atoms with Gasteiger partial charge in [0.25, 0.3) is 5.91 Å². The van der Waals surface area contributed by atoms with Gasteiger partial charge in [-0.2, -0.15) is 0 Å². The van der Waals surface area contributed by atoms with Gasteiger partial charge in [-0.3, -0.25) is 4.79 Å². The largest absolute Gasteiger partial charge is 0.478 e. The summed E-state index contributed by atoms with van der Waals surface area (Å²) < 4.78 is 0.549. The van der Waals surface area contributed by atoms with Crippen molar-refractivity contribution in [3.63, 3.8) is 0 Å². The number of nitrogens with one attached hydrogen (secondary N) is 1. The van der Waals surface area contributed by atoms with Crippen molar-refractivity contribution in [1.29, 1.82) is 0 Å². The van der Waals surface area contributed by atoms with Crippen LogP contribution in [0.2, 0.25) is 5.02 Å². The zero-order chi connectivity index (χ0) is 15.6. The molecule has 0 fully saturated rings. The first kappa shape index (κ1) is 15.3. The fourth-order valence-corrected chi connectivity index (χ4v) is 2.33. The number of benzene rings is 2. The minimum Gasteiger partial charge on any atom is -0.478 e. The maximum Gasteiger partial charge on any atom is 0.335 e. The number of hydrogen-bond acceptors (Lipinski definition) is 3. The summed E-state index contributed by atoms with van der Waals surface area (Å²) in [6.07, 6.45) is 0. The van der Waals surface area contributed by atoms with Crippen molar-refractivity contribution in [1.82, 2.24) is 0 Å². The molecular formula is C14H10BrClN2O3. The molecule has 0 heterocycles. The quantitative estimate of drug-likeness (QED) is 0.720. The summed E-state index contributed by atoms with van der Waals surface area (Å²) in [6.45, 7) is 0. The number of carbonyl (C=O) groups excluding carboxylic acids is 1. The monoisotopic (exact) mass is 368 g/mol. The van der Waals surface area contributed by atoms with E-state index in [0.717, 1.165) is 0 Å². The van der Waals surface area contributed by atoms with E-state index in [9.17, 15) is 9.59 Å². The van der Waals surface area contributed by atoms with Crippen LogP contribution in [0, 0.1) is 0 Å². The van der Waals surface area contributed by atoms with Crippen LogP contribution in [0.5, 0.6) is 0 Å². The van der Waals surface area contributed by atoms with Gasteiger partial charge in [0.2, 0.25) is 0 Å². The standard InChI is InChI=1S/C14H10BrClN2O3/c15-9-3-8(14(20)21)4-10(6-9)18-13(19)7-1-2-12(17)11(16)5-7/h1-6H,17H2,(H,18,19)(H,20,21). The number of amides is 1. The number of carboxylic acids is 1. The smallest absolute Gasteiger partial charge is 0.335 e. The lowest BCUT2D eigenvalue weighted by Gasteiger charge is -2.08. The Labute approximate surface area is 133 Å². The molecule has 21 heavy (non-hydrogen) atoms. The Kier molecular flexibility index (Phi) is 4.50. The molecule has 7 heteroatoms. The topological polar surface area (TPSA) is 92.4 Å². The van der Waals surface area contributed by atoms with Gasteiger partial charge >= 0.3 is 5.97 Å². The third kappa shape index (κ3) is 3.74. The molecule has 4 N–H and O–H groups in total. The first-order valence-corrected chi connectivity index (χ1v) is 6.94. The van der Waals surface area contributed by atoms with Crippen molar-refractivity contribution in [2.45, 2.75) is 0 Å². The molecule has 5 nitrogen and oxygen atoms in total. The van der Waals surface area contributed by atoms with Crippen LogP contribution in [0.4, 0.5) is 11.4 Å². The van der Waals surface area contributed by atoms with Crippen LogP contribution >= 0.6 is 27.5 Å². The van der Waals surface area contributed by atoms with Crippen molar-refractivity contribution in [3.8, 4) is 0 Å². The summed E-state index contributed by atoms with van der Waals surface area (Å²) in [7, 11) is 0. The highest BCUT2D eigenvalue weighted by Crippen LogP contribution is 2.22. The molecular weight excluding hydrogens is 360 g/mol. The fourth-order valence-electron chi connectivity index (χ4n) is 1.66. The lowest BCUT2D eigenvalue weighted by Crippen LogP contribution is -2.12. The number of anilines is 2. The molecule has 0 aliphatic heterocycles. The van der Waals surface area contributed by atoms with Crippen LogP contribution in [0.15, 0.2) is 40.9 Å². The molecule has 0 unspecified atom stereocenters. The first-order chi connectivity index (χ1) is 9.86. The molecule has 0 saturated heterocycles. The van der Waals surface area contributed by atoms with E-state index < -0.39 is 11.9 Å². The minimum absolute atomic E-state index is 0.0648. The number of halogens is 2. The Morgan fingerprint density at radius 3 is 2.48 bits per heavy atom. The number of aromatic carboxylic acids is 1. The Morgan fingerprint density at radius 2 is 1.86 bits per heavy atom. The van der Waals surface area contributed by atoms with Gasteiger partial charge in [-0.1, -0.05) is 27.5 Å². The molecule has 0 bridgehead atoms. The van der Waals surface area contributed by atoms with E-state index >= 15 is 0 Å². The number of hydrogen-bond donors (Lipinski definition) is 3. The number of rotatable bonds is 3.